The first kappa shape index (κ1) is 22.7. The van der Waals surface area contributed by atoms with Gasteiger partial charge in [-0.2, -0.15) is 4.31 Å². The van der Waals surface area contributed by atoms with E-state index in [4.69, 9.17) is 21.1 Å². The van der Waals surface area contributed by atoms with Crippen LogP contribution in [0.1, 0.15) is 45.7 Å². The second-order valence-corrected chi connectivity index (χ2v) is 10.4. The topological polar surface area (TPSA) is 90.0 Å². The molecule has 10 heteroatoms. The standard InChI is InChI=1S/C20H22ClNO6S2/c1-27-16-7-6-14(20(24)28-13-15(23)17-8-9-19(21)29-17)12-18(16)30(25,26)22-10-4-2-3-5-11-22/h6-9,12H,2-5,10-11,13H2,1H3. The van der Waals surface area contributed by atoms with Crippen molar-refractivity contribution in [2.45, 2.75) is 30.6 Å². The molecule has 2 heterocycles. The Morgan fingerprint density at radius 3 is 2.40 bits per heavy atom. The molecule has 1 saturated heterocycles. The minimum absolute atomic E-state index is 0.0289. The number of methoxy groups -OCH3 is 1. The summed E-state index contributed by atoms with van der Waals surface area (Å²) >= 11 is 6.91. The third-order valence-corrected chi connectivity index (χ3v) is 7.96. The normalized spacial score (nSPS) is 15.4. The van der Waals surface area contributed by atoms with Gasteiger partial charge in [-0.3, -0.25) is 4.79 Å². The summed E-state index contributed by atoms with van der Waals surface area (Å²) in [5.41, 5.74) is 0.0289. The van der Waals surface area contributed by atoms with Crippen LogP contribution in [0, 0.1) is 0 Å². The van der Waals surface area contributed by atoms with Crippen molar-refractivity contribution in [3.05, 3.63) is 45.1 Å². The summed E-state index contributed by atoms with van der Waals surface area (Å²) in [5, 5.41) is 0. The first-order chi connectivity index (χ1) is 14.3. The molecule has 0 atom stereocenters. The zero-order chi connectivity index (χ0) is 21.7. The number of carbonyl (C=O) groups excluding carboxylic acids is 2. The van der Waals surface area contributed by atoms with Crippen molar-refractivity contribution in [1.82, 2.24) is 4.31 Å². The zero-order valence-electron chi connectivity index (χ0n) is 16.4. The van der Waals surface area contributed by atoms with Crippen LogP contribution in [-0.2, 0) is 14.8 Å². The lowest BCUT2D eigenvalue weighted by atomic mass is 10.2. The smallest absolute Gasteiger partial charge is 0.338 e. The summed E-state index contributed by atoms with van der Waals surface area (Å²) in [6.07, 6.45) is 3.55. The maximum absolute atomic E-state index is 13.2. The molecule has 0 aliphatic carbocycles. The average molecular weight is 472 g/mol. The third kappa shape index (κ3) is 5.21. The van der Waals surface area contributed by atoms with Crippen LogP contribution in [0.4, 0.5) is 0 Å². The number of halogens is 1. The van der Waals surface area contributed by atoms with Gasteiger partial charge in [0.15, 0.2) is 6.61 Å². The van der Waals surface area contributed by atoms with Crippen LogP contribution in [0.25, 0.3) is 0 Å². The Kier molecular flexibility index (Phi) is 7.51. The Hall–Kier alpha value is -1.94. The Balaban J connectivity index is 1.79. The predicted molar refractivity (Wildman–Crippen MR) is 114 cm³/mol. The Labute approximate surface area is 184 Å². The number of ketones is 1. The molecule has 1 aliphatic rings. The monoisotopic (exact) mass is 471 g/mol. The fourth-order valence-corrected chi connectivity index (χ4v) is 5.84. The predicted octanol–water partition coefficient (Wildman–Crippen LogP) is 4.01. The first-order valence-electron chi connectivity index (χ1n) is 9.47. The van der Waals surface area contributed by atoms with Crippen LogP contribution < -0.4 is 4.74 Å². The fraction of sp³-hybridized carbons (Fsp3) is 0.400. The summed E-state index contributed by atoms with van der Waals surface area (Å²) in [4.78, 5) is 24.9. The highest BCUT2D eigenvalue weighted by atomic mass is 35.5. The van der Waals surface area contributed by atoms with Gasteiger partial charge >= 0.3 is 5.97 Å². The number of Topliss-reactive ketones (excluding diaryl/α,β-unsaturated/α-hetero) is 1. The van der Waals surface area contributed by atoms with Crippen LogP contribution >= 0.6 is 22.9 Å². The van der Waals surface area contributed by atoms with Crippen molar-refractivity contribution < 1.29 is 27.5 Å². The Morgan fingerprint density at radius 2 is 1.80 bits per heavy atom. The van der Waals surface area contributed by atoms with Gasteiger partial charge in [-0.05, 0) is 43.2 Å². The molecule has 2 aromatic rings. The minimum Gasteiger partial charge on any atom is -0.495 e. The van der Waals surface area contributed by atoms with E-state index in [1.807, 2.05) is 0 Å². The van der Waals surface area contributed by atoms with Crippen molar-refractivity contribution in [2.24, 2.45) is 0 Å². The second kappa shape index (κ2) is 9.91. The maximum atomic E-state index is 13.2. The molecule has 0 unspecified atom stereocenters. The average Bonchev–Trinajstić information content (AvgIpc) is 3.00. The van der Waals surface area contributed by atoms with Gasteiger partial charge in [-0.25, -0.2) is 13.2 Å². The van der Waals surface area contributed by atoms with Crippen molar-refractivity contribution in [1.29, 1.82) is 0 Å². The molecule has 162 valence electrons. The van der Waals surface area contributed by atoms with E-state index in [0.717, 1.165) is 37.0 Å². The second-order valence-electron chi connectivity index (χ2n) is 6.79. The molecule has 3 rings (SSSR count). The van der Waals surface area contributed by atoms with E-state index >= 15 is 0 Å². The number of carbonyl (C=O) groups is 2. The van der Waals surface area contributed by atoms with Crippen LogP contribution in [0.5, 0.6) is 5.75 Å². The largest absolute Gasteiger partial charge is 0.495 e. The molecule has 1 aromatic carbocycles. The van der Waals surface area contributed by atoms with Crippen LogP contribution in [0.2, 0.25) is 4.34 Å². The van der Waals surface area contributed by atoms with Gasteiger partial charge in [0, 0.05) is 13.1 Å². The van der Waals surface area contributed by atoms with Crippen molar-refractivity contribution in [3.8, 4) is 5.75 Å². The highest BCUT2D eigenvalue weighted by Crippen LogP contribution is 2.30. The molecule has 7 nitrogen and oxygen atoms in total. The summed E-state index contributed by atoms with van der Waals surface area (Å²) in [7, 11) is -2.46. The number of nitrogens with zero attached hydrogens (tertiary/aromatic N) is 1. The van der Waals surface area contributed by atoms with E-state index in [9.17, 15) is 18.0 Å². The number of hydrogen-bond acceptors (Lipinski definition) is 7. The van der Waals surface area contributed by atoms with E-state index in [0.29, 0.717) is 22.3 Å². The number of benzene rings is 1. The quantitative estimate of drug-likeness (QED) is 0.447. The molecule has 0 amide bonds. The molecule has 0 radical (unpaired) electrons. The molecular formula is C20H22ClNO6S2. The number of esters is 1. The molecule has 30 heavy (non-hydrogen) atoms. The molecule has 0 N–H and O–H groups in total. The van der Waals surface area contributed by atoms with Gasteiger partial charge < -0.3 is 9.47 Å². The molecule has 1 aliphatic heterocycles. The molecule has 1 fully saturated rings. The van der Waals surface area contributed by atoms with Crippen LogP contribution in [-0.4, -0.2) is 51.3 Å². The lowest BCUT2D eigenvalue weighted by Gasteiger charge is -2.21. The summed E-state index contributed by atoms with van der Waals surface area (Å²) in [5.74, 6) is -1.02. The molecular weight excluding hydrogens is 450 g/mol. The van der Waals surface area contributed by atoms with Gasteiger partial charge in [0.05, 0.1) is 21.9 Å². The van der Waals surface area contributed by atoms with Crippen molar-refractivity contribution >= 4 is 44.7 Å². The Morgan fingerprint density at radius 1 is 1.10 bits per heavy atom. The van der Waals surface area contributed by atoms with E-state index < -0.39 is 22.6 Å². The maximum Gasteiger partial charge on any atom is 0.338 e. The van der Waals surface area contributed by atoms with Crippen LogP contribution in [0.15, 0.2) is 35.2 Å². The molecule has 0 saturated carbocycles. The van der Waals surface area contributed by atoms with Gasteiger partial charge in [0.1, 0.15) is 10.6 Å². The SMILES string of the molecule is COc1ccc(C(=O)OCC(=O)c2ccc(Cl)s2)cc1S(=O)(=O)N1CCCCCC1. The van der Waals surface area contributed by atoms with Gasteiger partial charge in [-0.1, -0.05) is 24.4 Å². The van der Waals surface area contributed by atoms with Crippen molar-refractivity contribution in [2.75, 3.05) is 26.8 Å². The van der Waals surface area contributed by atoms with Gasteiger partial charge in [-0.15, -0.1) is 11.3 Å². The lowest BCUT2D eigenvalue weighted by molar-refractivity contribution is 0.0475. The number of hydrogen-bond donors (Lipinski definition) is 0. The highest BCUT2D eigenvalue weighted by molar-refractivity contribution is 7.89. The third-order valence-electron chi connectivity index (χ3n) is 4.76. The molecule has 0 spiro atoms. The Bertz CT molecular complexity index is 1030. The van der Waals surface area contributed by atoms with E-state index in [2.05, 4.69) is 0 Å². The number of rotatable bonds is 7. The van der Waals surface area contributed by atoms with E-state index in [1.54, 1.807) is 12.1 Å². The fourth-order valence-electron chi connectivity index (χ4n) is 3.18. The van der Waals surface area contributed by atoms with E-state index in [-0.39, 0.29) is 22.0 Å². The molecule has 0 bridgehead atoms. The summed E-state index contributed by atoms with van der Waals surface area (Å²) in [6, 6.07) is 7.22. The summed E-state index contributed by atoms with van der Waals surface area (Å²) in [6.45, 7) is 0.395. The lowest BCUT2D eigenvalue weighted by Crippen LogP contribution is -2.32. The number of ether oxygens (including phenoxy) is 2. The summed E-state index contributed by atoms with van der Waals surface area (Å²) < 4.78 is 38.6. The van der Waals surface area contributed by atoms with E-state index in [1.165, 1.54) is 29.6 Å². The first-order valence-corrected chi connectivity index (χ1v) is 12.1. The zero-order valence-corrected chi connectivity index (χ0v) is 18.8. The van der Waals surface area contributed by atoms with Gasteiger partial charge in [0.25, 0.3) is 0 Å². The minimum atomic E-state index is -3.84. The van der Waals surface area contributed by atoms with Crippen molar-refractivity contribution in [3.63, 3.8) is 0 Å². The van der Waals surface area contributed by atoms with Crippen LogP contribution in [0.3, 0.4) is 0 Å². The van der Waals surface area contributed by atoms with Gasteiger partial charge in [0.2, 0.25) is 15.8 Å². The molecule has 1 aromatic heterocycles. The highest BCUT2D eigenvalue weighted by Gasteiger charge is 2.29. The number of sulfonamides is 1. The number of thiophene rings is 1.